The molecule has 1 aliphatic rings. The Kier molecular flexibility index (Phi) is 11.6. The van der Waals surface area contributed by atoms with Gasteiger partial charge in [0.25, 0.3) is 0 Å². The number of hydrogen-bond acceptors (Lipinski definition) is 9. The van der Waals surface area contributed by atoms with E-state index in [1.54, 1.807) is 35.9 Å². The van der Waals surface area contributed by atoms with Crippen LogP contribution < -0.4 is 32.0 Å². The van der Waals surface area contributed by atoms with Crippen LogP contribution in [0.4, 0.5) is 10.5 Å². The Hall–Kier alpha value is -5.89. The molecule has 0 spiro atoms. The largest absolute Gasteiger partial charge is 0.506 e. The van der Waals surface area contributed by atoms with Crippen LogP contribution in [0.25, 0.3) is 33.1 Å². The van der Waals surface area contributed by atoms with Crippen molar-refractivity contribution in [2.24, 2.45) is 5.73 Å². The van der Waals surface area contributed by atoms with Crippen molar-refractivity contribution in [3.63, 3.8) is 0 Å². The van der Waals surface area contributed by atoms with Crippen LogP contribution in [0.1, 0.15) is 61.3 Å². The molecule has 1 saturated carbocycles. The summed E-state index contributed by atoms with van der Waals surface area (Å²) in [6, 6.07) is 25.4. The minimum absolute atomic E-state index is 0.0823. The molecule has 0 bridgehead atoms. The van der Waals surface area contributed by atoms with Gasteiger partial charge in [0.2, 0.25) is 5.56 Å². The molecule has 13 heteroatoms. The number of phenols is 1. The van der Waals surface area contributed by atoms with Crippen LogP contribution in [0.15, 0.2) is 98.9 Å². The van der Waals surface area contributed by atoms with Crippen LogP contribution in [-0.4, -0.2) is 56.7 Å². The number of rotatable bonds is 14. The Bertz CT molecular complexity index is 2450. The molecule has 0 aliphatic heterocycles. The van der Waals surface area contributed by atoms with E-state index in [9.17, 15) is 29.7 Å². The van der Waals surface area contributed by atoms with E-state index in [0.29, 0.717) is 72.3 Å². The number of nitrogens with two attached hydrogens (primary N) is 1. The fourth-order valence-electron chi connectivity index (χ4n) is 7.88. The van der Waals surface area contributed by atoms with Crippen molar-refractivity contribution < 1.29 is 29.3 Å². The number of carboxylic acid groups (broad SMARTS) is 1. The average Bonchev–Trinajstić information content (AvgIpc) is 3.50. The smallest absolute Gasteiger partial charge is 0.419 e. The number of nitrogens with one attached hydrogen (secondary N) is 2. The molecule has 292 valence electrons. The summed E-state index contributed by atoms with van der Waals surface area (Å²) < 4.78 is 12.9. The van der Waals surface area contributed by atoms with Crippen LogP contribution in [0.2, 0.25) is 0 Å². The zero-order chi connectivity index (χ0) is 39.3. The van der Waals surface area contributed by atoms with Gasteiger partial charge in [-0.2, -0.15) is 0 Å². The second-order valence-electron chi connectivity index (χ2n) is 14.5. The van der Waals surface area contributed by atoms with Crippen molar-refractivity contribution in [3.05, 3.63) is 123 Å². The molecule has 0 saturated heterocycles. The Morgan fingerprint density at radius 2 is 1.80 bits per heavy atom. The van der Waals surface area contributed by atoms with Crippen molar-refractivity contribution in [2.75, 3.05) is 18.6 Å². The Balaban J connectivity index is 1.02. The highest BCUT2D eigenvalue weighted by atomic mass is 16.5. The molecule has 2 heterocycles. The van der Waals surface area contributed by atoms with Crippen LogP contribution >= 0.6 is 0 Å². The molecule has 4 aromatic carbocycles. The molecule has 0 radical (unpaired) electrons. The minimum atomic E-state index is -0.972. The lowest BCUT2D eigenvalue weighted by atomic mass is 9.89. The fraction of sp³-hybridized carbons (Fsp3) is 0.326. The summed E-state index contributed by atoms with van der Waals surface area (Å²) in [6.45, 7) is 0.880. The molecule has 1 fully saturated rings. The van der Waals surface area contributed by atoms with Gasteiger partial charge < -0.3 is 40.5 Å². The van der Waals surface area contributed by atoms with Gasteiger partial charge in [-0.1, -0.05) is 48.5 Å². The second-order valence-corrected chi connectivity index (χ2v) is 14.5. The molecule has 6 aromatic rings. The number of aryl methyl sites for hydroxylation is 2. The third kappa shape index (κ3) is 8.20. The number of pyridine rings is 1. The monoisotopic (exact) mass is 761 g/mol. The van der Waals surface area contributed by atoms with E-state index in [-0.39, 0.29) is 35.5 Å². The van der Waals surface area contributed by atoms with E-state index in [2.05, 4.69) is 16.4 Å². The third-order valence-corrected chi connectivity index (χ3v) is 10.8. The van der Waals surface area contributed by atoms with E-state index in [1.807, 2.05) is 42.5 Å². The number of oxazole rings is 1. The number of aliphatic hydroxyl groups is 1. The van der Waals surface area contributed by atoms with Crippen molar-refractivity contribution in [1.29, 1.82) is 0 Å². The number of unbranched alkanes of at least 4 members (excludes halogenated alkanes) is 1. The maximum Gasteiger partial charge on any atom is 0.419 e. The predicted molar refractivity (Wildman–Crippen MR) is 215 cm³/mol. The zero-order valence-corrected chi connectivity index (χ0v) is 31.2. The topological polar surface area (TPSA) is 196 Å². The highest BCUT2D eigenvalue weighted by molar-refractivity contribution is 5.94. The Morgan fingerprint density at radius 3 is 2.55 bits per heavy atom. The maximum absolute atomic E-state index is 13.1. The van der Waals surface area contributed by atoms with Crippen molar-refractivity contribution in [2.45, 2.75) is 76.2 Å². The van der Waals surface area contributed by atoms with Gasteiger partial charge in [0.15, 0.2) is 5.58 Å². The Morgan fingerprint density at radius 1 is 1.02 bits per heavy atom. The van der Waals surface area contributed by atoms with Crippen LogP contribution in [-0.2, 0) is 19.5 Å². The first-order valence-electron chi connectivity index (χ1n) is 19.0. The summed E-state index contributed by atoms with van der Waals surface area (Å²) in [7, 11) is 1.55. The number of ether oxygens (including phenoxy) is 1. The maximum atomic E-state index is 13.1. The van der Waals surface area contributed by atoms with Gasteiger partial charge in [0, 0.05) is 60.4 Å². The number of aromatic hydroxyl groups is 1. The van der Waals surface area contributed by atoms with Crippen molar-refractivity contribution in [1.82, 2.24) is 14.9 Å². The first kappa shape index (κ1) is 38.4. The van der Waals surface area contributed by atoms with E-state index >= 15 is 0 Å². The molecular formula is C43H47N5O8. The number of fused-ring (bicyclic) bond motifs is 2. The molecule has 2 aromatic heterocycles. The number of H-pyrrole nitrogens is 1. The molecule has 0 unspecified atom stereocenters. The lowest BCUT2D eigenvalue weighted by Gasteiger charge is -2.35. The highest BCUT2D eigenvalue weighted by Crippen LogP contribution is 2.37. The SMILES string of the molecule is COc1cc2c(cc1CNC[C@H](O)c1ccc(O)c3[nH]c(=O)ccc13)oc(=O)n2CCCCc1ccc(-c2ccccc2)c(N(C(=O)O)C2CCC(N)CC2)c1. The molecule has 13 nitrogen and oxygen atoms in total. The summed E-state index contributed by atoms with van der Waals surface area (Å²) in [5, 5.41) is 35.4. The average molecular weight is 762 g/mol. The summed E-state index contributed by atoms with van der Waals surface area (Å²) in [5.74, 6) is -0.00421. The van der Waals surface area contributed by atoms with Gasteiger partial charge in [0.1, 0.15) is 11.5 Å². The summed E-state index contributed by atoms with van der Waals surface area (Å²) >= 11 is 0. The number of aliphatic hydroxyl groups excluding tert-OH is 1. The number of phenolic OH excluding ortho intramolecular Hbond substituents is 1. The number of carbonyl (C=O) groups is 1. The molecule has 7 N–H and O–H groups in total. The highest BCUT2D eigenvalue weighted by Gasteiger charge is 2.31. The zero-order valence-electron chi connectivity index (χ0n) is 31.2. The lowest BCUT2D eigenvalue weighted by molar-refractivity contribution is 0.175. The van der Waals surface area contributed by atoms with E-state index in [1.165, 1.54) is 17.0 Å². The molecular weight excluding hydrogens is 714 g/mol. The number of hydrogen-bond donors (Lipinski definition) is 6. The van der Waals surface area contributed by atoms with E-state index < -0.39 is 18.0 Å². The molecule has 1 atom stereocenters. The number of anilines is 1. The van der Waals surface area contributed by atoms with Gasteiger partial charge in [-0.05, 0) is 85.9 Å². The number of nitrogens with zero attached hydrogens (tertiary/aromatic N) is 2. The normalized spacial score (nSPS) is 16.3. The predicted octanol–water partition coefficient (Wildman–Crippen LogP) is 6.42. The molecule has 7 rings (SSSR count). The molecule has 56 heavy (non-hydrogen) atoms. The van der Waals surface area contributed by atoms with Crippen molar-refractivity contribution >= 4 is 33.8 Å². The minimum Gasteiger partial charge on any atom is -0.506 e. The standard InChI is InChI=1S/C43H47N5O8/c1-55-38-23-35-39(22-28(38)24-45-25-37(50)32-16-18-36(49)41-33(32)17-19-40(51)46-41)56-43(54)47(35)20-6-5-7-26-10-15-31(27-8-3-2-4-9-27)34(21-26)48(42(52)53)30-13-11-29(44)12-14-30/h2-4,8-10,15-19,21-23,29-30,37,45,49-50H,5-7,11-14,20,24-25,44H2,1H3,(H,46,51)(H,52,53)/t29?,30?,37-/m0/s1. The van der Waals surface area contributed by atoms with Gasteiger partial charge in [-0.25, -0.2) is 9.59 Å². The van der Waals surface area contributed by atoms with Gasteiger partial charge in [-0.3, -0.25) is 14.3 Å². The second kappa shape index (κ2) is 16.9. The number of aromatic nitrogens is 2. The van der Waals surface area contributed by atoms with Crippen LogP contribution in [0.3, 0.4) is 0 Å². The first-order valence-corrected chi connectivity index (χ1v) is 19.0. The van der Waals surface area contributed by atoms with Crippen LogP contribution in [0.5, 0.6) is 11.5 Å². The number of aromatic amines is 1. The number of amides is 1. The molecule has 1 amide bonds. The number of benzene rings is 4. The Labute approximate surface area is 323 Å². The third-order valence-electron chi connectivity index (χ3n) is 10.8. The van der Waals surface area contributed by atoms with Crippen LogP contribution in [0, 0.1) is 0 Å². The van der Waals surface area contributed by atoms with Gasteiger partial charge in [0.05, 0.1) is 29.9 Å². The summed E-state index contributed by atoms with van der Waals surface area (Å²) in [6.07, 6.45) is 3.22. The van der Waals surface area contributed by atoms with Gasteiger partial charge in [-0.15, -0.1) is 0 Å². The summed E-state index contributed by atoms with van der Waals surface area (Å²) in [5.41, 5.74) is 11.9. The fourth-order valence-corrected chi connectivity index (χ4v) is 7.88. The van der Waals surface area contributed by atoms with E-state index in [4.69, 9.17) is 14.9 Å². The van der Waals surface area contributed by atoms with Gasteiger partial charge >= 0.3 is 11.8 Å². The van der Waals surface area contributed by atoms with E-state index in [0.717, 1.165) is 41.5 Å². The lowest BCUT2D eigenvalue weighted by Crippen LogP contribution is -2.44. The van der Waals surface area contributed by atoms with Crippen molar-refractivity contribution in [3.8, 4) is 22.6 Å². The quantitative estimate of drug-likeness (QED) is 0.0675. The summed E-state index contributed by atoms with van der Waals surface area (Å²) in [4.78, 5) is 41.8. The first-order chi connectivity index (χ1) is 27.1. The number of methoxy groups -OCH3 is 1. The molecule has 1 aliphatic carbocycles.